The van der Waals surface area contributed by atoms with Crippen molar-refractivity contribution in [1.82, 2.24) is 4.90 Å². The van der Waals surface area contributed by atoms with Gasteiger partial charge >= 0.3 is 0 Å². The third-order valence-corrected chi connectivity index (χ3v) is 3.31. The molecule has 1 heterocycles. The molecule has 17 heavy (non-hydrogen) atoms. The highest BCUT2D eigenvalue weighted by atomic mass is 16.2. The van der Waals surface area contributed by atoms with E-state index in [0.717, 1.165) is 16.7 Å². The summed E-state index contributed by atoms with van der Waals surface area (Å²) in [6.07, 6.45) is 0. The average molecular weight is 223 g/mol. The Morgan fingerprint density at radius 3 is 2.35 bits per heavy atom. The molecule has 1 atom stereocenters. The van der Waals surface area contributed by atoms with Crippen molar-refractivity contribution in [2.75, 3.05) is 7.05 Å². The Bertz CT molecular complexity index is 562. The monoisotopic (exact) mass is 223 g/mol. The highest BCUT2D eigenvalue weighted by molar-refractivity contribution is 5.99. The van der Waals surface area contributed by atoms with Crippen LogP contribution in [0.25, 0.3) is 0 Å². The van der Waals surface area contributed by atoms with Crippen molar-refractivity contribution >= 4 is 5.91 Å². The second-order valence-electron chi connectivity index (χ2n) is 4.32. The van der Waals surface area contributed by atoms with Gasteiger partial charge in [0.15, 0.2) is 0 Å². The van der Waals surface area contributed by atoms with Gasteiger partial charge in [-0.1, -0.05) is 48.5 Å². The molecule has 3 rings (SSSR count). The van der Waals surface area contributed by atoms with Crippen LogP contribution in [0.15, 0.2) is 54.6 Å². The summed E-state index contributed by atoms with van der Waals surface area (Å²) < 4.78 is 0. The lowest BCUT2D eigenvalue weighted by Gasteiger charge is -2.21. The fourth-order valence-electron chi connectivity index (χ4n) is 2.48. The molecule has 0 saturated heterocycles. The maximum Gasteiger partial charge on any atom is 0.254 e. The summed E-state index contributed by atoms with van der Waals surface area (Å²) in [5, 5.41) is 0. The first-order valence-electron chi connectivity index (χ1n) is 5.70. The van der Waals surface area contributed by atoms with Crippen LogP contribution >= 0.6 is 0 Å². The smallest absolute Gasteiger partial charge is 0.254 e. The first kappa shape index (κ1) is 10.1. The average Bonchev–Trinajstić information content (AvgIpc) is 2.64. The summed E-state index contributed by atoms with van der Waals surface area (Å²) in [5.74, 6) is 0.106. The van der Waals surface area contributed by atoms with Gasteiger partial charge < -0.3 is 4.90 Å². The van der Waals surface area contributed by atoms with Crippen LogP contribution in [0.5, 0.6) is 0 Å². The third-order valence-electron chi connectivity index (χ3n) is 3.31. The second kappa shape index (κ2) is 3.74. The molecule has 0 unspecified atom stereocenters. The van der Waals surface area contributed by atoms with Crippen molar-refractivity contribution in [2.24, 2.45) is 0 Å². The Morgan fingerprint density at radius 1 is 0.941 bits per heavy atom. The SMILES string of the molecule is CN1C(=O)c2ccccc2[C@H]1c1ccccc1. The summed E-state index contributed by atoms with van der Waals surface area (Å²) in [5.41, 5.74) is 3.09. The van der Waals surface area contributed by atoms with Crippen molar-refractivity contribution in [2.45, 2.75) is 6.04 Å². The van der Waals surface area contributed by atoms with E-state index < -0.39 is 0 Å². The lowest BCUT2D eigenvalue weighted by molar-refractivity contribution is 0.0793. The second-order valence-corrected chi connectivity index (χ2v) is 4.32. The Labute approximate surface area is 100 Å². The van der Waals surface area contributed by atoms with Crippen LogP contribution in [0.2, 0.25) is 0 Å². The van der Waals surface area contributed by atoms with Crippen molar-refractivity contribution in [3.8, 4) is 0 Å². The normalized spacial score (nSPS) is 18.3. The van der Waals surface area contributed by atoms with Gasteiger partial charge in [0.1, 0.15) is 0 Å². The minimum atomic E-state index is 0.0555. The maximum absolute atomic E-state index is 12.1. The van der Waals surface area contributed by atoms with Gasteiger partial charge in [-0.2, -0.15) is 0 Å². The van der Waals surface area contributed by atoms with Crippen LogP contribution in [0.1, 0.15) is 27.5 Å². The Kier molecular flexibility index (Phi) is 2.22. The van der Waals surface area contributed by atoms with Gasteiger partial charge in [0, 0.05) is 12.6 Å². The zero-order chi connectivity index (χ0) is 11.8. The number of fused-ring (bicyclic) bond motifs is 1. The number of hydrogen-bond donors (Lipinski definition) is 0. The highest BCUT2D eigenvalue weighted by Crippen LogP contribution is 2.36. The van der Waals surface area contributed by atoms with E-state index in [1.807, 2.05) is 49.5 Å². The number of rotatable bonds is 1. The number of nitrogens with zero attached hydrogens (tertiary/aromatic N) is 1. The summed E-state index contributed by atoms with van der Waals surface area (Å²) in [7, 11) is 1.86. The fourth-order valence-corrected chi connectivity index (χ4v) is 2.48. The number of amides is 1. The van der Waals surface area contributed by atoms with Crippen LogP contribution in [0.4, 0.5) is 0 Å². The van der Waals surface area contributed by atoms with Gasteiger partial charge in [0.25, 0.3) is 5.91 Å². The van der Waals surface area contributed by atoms with Crippen LogP contribution in [-0.4, -0.2) is 17.9 Å². The Hall–Kier alpha value is -2.09. The zero-order valence-corrected chi connectivity index (χ0v) is 9.63. The summed E-state index contributed by atoms with van der Waals surface area (Å²) >= 11 is 0. The van der Waals surface area contributed by atoms with E-state index in [2.05, 4.69) is 12.1 Å². The molecule has 84 valence electrons. The third kappa shape index (κ3) is 1.45. The van der Waals surface area contributed by atoms with Crippen molar-refractivity contribution < 1.29 is 4.79 Å². The van der Waals surface area contributed by atoms with Gasteiger partial charge in [-0.25, -0.2) is 0 Å². The Balaban J connectivity index is 2.16. The molecule has 0 spiro atoms. The zero-order valence-electron chi connectivity index (χ0n) is 9.63. The topological polar surface area (TPSA) is 20.3 Å². The van der Waals surface area contributed by atoms with E-state index in [9.17, 15) is 4.79 Å². The summed E-state index contributed by atoms with van der Waals surface area (Å²) in [4.78, 5) is 13.9. The van der Waals surface area contributed by atoms with E-state index in [0.29, 0.717) is 0 Å². The molecule has 0 bridgehead atoms. The van der Waals surface area contributed by atoms with Gasteiger partial charge in [-0.05, 0) is 17.2 Å². The molecule has 0 aromatic heterocycles. The molecule has 1 amide bonds. The molecular weight excluding hydrogens is 210 g/mol. The van der Waals surface area contributed by atoms with Crippen LogP contribution in [0, 0.1) is 0 Å². The van der Waals surface area contributed by atoms with Crippen LogP contribution < -0.4 is 0 Å². The quantitative estimate of drug-likeness (QED) is 0.728. The molecule has 1 aliphatic rings. The minimum Gasteiger partial charge on any atom is -0.331 e. The molecule has 0 fully saturated rings. The largest absolute Gasteiger partial charge is 0.331 e. The first-order valence-corrected chi connectivity index (χ1v) is 5.70. The van der Waals surface area contributed by atoms with Crippen molar-refractivity contribution in [1.29, 1.82) is 0 Å². The van der Waals surface area contributed by atoms with Crippen molar-refractivity contribution in [3.05, 3.63) is 71.3 Å². The molecule has 0 radical (unpaired) electrons. The molecule has 0 N–H and O–H groups in total. The maximum atomic E-state index is 12.1. The first-order chi connectivity index (χ1) is 8.29. The van der Waals surface area contributed by atoms with E-state index in [1.165, 1.54) is 0 Å². The number of benzene rings is 2. The molecule has 2 heteroatoms. The van der Waals surface area contributed by atoms with Crippen molar-refractivity contribution in [3.63, 3.8) is 0 Å². The fraction of sp³-hybridized carbons (Fsp3) is 0.133. The Morgan fingerprint density at radius 2 is 1.59 bits per heavy atom. The van der Waals surface area contributed by atoms with Gasteiger partial charge in [-0.3, -0.25) is 4.79 Å². The van der Waals surface area contributed by atoms with E-state index >= 15 is 0 Å². The number of hydrogen-bond acceptors (Lipinski definition) is 1. The number of carbonyl (C=O) groups is 1. The molecular formula is C15H13NO. The summed E-state index contributed by atoms with van der Waals surface area (Å²) in [6, 6.07) is 18.0. The lowest BCUT2D eigenvalue weighted by atomic mass is 9.98. The van der Waals surface area contributed by atoms with E-state index in [4.69, 9.17) is 0 Å². The molecule has 0 saturated carbocycles. The molecule has 2 aromatic carbocycles. The standard InChI is InChI=1S/C15H13NO/c1-16-14(11-7-3-2-4-8-11)12-9-5-6-10-13(12)15(16)17/h2-10,14H,1H3/t14-/m1/s1. The van der Waals surface area contributed by atoms with E-state index in [1.54, 1.807) is 4.90 Å². The van der Waals surface area contributed by atoms with Gasteiger partial charge in [0.2, 0.25) is 0 Å². The van der Waals surface area contributed by atoms with Crippen LogP contribution in [-0.2, 0) is 0 Å². The van der Waals surface area contributed by atoms with Crippen LogP contribution in [0.3, 0.4) is 0 Å². The lowest BCUT2D eigenvalue weighted by Crippen LogP contribution is -2.23. The predicted molar refractivity (Wildman–Crippen MR) is 66.8 cm³/mol. The summed E-state index contributed by atoms with van der Waals surface area (Å²) in [6.45, 7) is 0. The number of carbonyl (C=O) groups excluding carboxylic acids is 1. The molecule has 2 nitrogen and oxygen atoms in total. The molecule has 2 aromatic rings. The molecule has 0 aliphatic carbocycles. The van der Waals surface area contributed by atoms with Gasteiger partial charge in [-0.15, -0.1) is 0 Å². The van der Waals surface area contributed by atoms with Gasteiger partial charge in [0.05, 0.1) is 6.04 Å². The molecule has 1 aliphatic heterocycles. The predicted octanol–water partition coefficient (Wildman–Crippen LogP) is 2.86. The minimum absolute atomic E-state index is 0.0555. The highest BCUT2D eigenvalue weighted by Gasteiger charge is 2.34. The van der Waals surface area contributed by atoms with E-state index in [-0.39, 0.29) is 11.9 Å².